The quantitative estimate of drug-likeness (QED) is 0.0998. The number of carbonyl (C=O) groups is 5. The van der Waals surface area contributed by atoms with Crippen molar-refractivity contribution in [1.82, 2.24) is 36.6 Å². The predicted octanol–water partition coefficient (Wildman–Crippen LogP) is 0.871. The van der Waals surface area contributed by atoms with Gasteiger partial charge in [-0.25, -0.2) is 5.06 Å². The van der Waals surface area contributed by atoms with E-state index in [2.05, 4.69) is 31.6 Å². The number of H-pyrrole nitrogens is 1. The second-order valence-electron chi connectivity index (χ2n) is 13.5. The highest BCUT2D eigenvalue weighted by atomic mass is 16.5. The molecule has 3 rings (SSSR count). The number of benzene rings is 1. The molecule has 2 aromatic rings. The van der Waals surface area contributed by atoms with E-state index in [1.165, 1.54) is 0 Å². The van der Waals surface area contributed by atoms with Crippen LogP contribution in [0.25, 0.3) is 10.9 Å². The van der Waals surface area contributed by atoms with E-state index in [1.54, 1.807) is 33.9 Å². The molecule has 0 spiro atoms. The van der Waals surface area contributed by atoms with Gasteiger partial charge in [0.05, 0.1) is 0 Å². The Balaban J connectivity index is 2.07. The molecule has 2 heterocycles. The fourth-order valence-electron chi connectivity index (χ4n) is 5.64. The monoisotopic (exact) mass is 669 g/mol. The molecule has 48 heavy (non-hydrogen) atoms. The highest BCUT2D eigenvalue weighted by molar-refractivity contribution is 5.98. The van der Waals surface area contributed by atoms with Crippen LogP contribution in [-0.4, -0.2) is 87.5 Å². The zero-order valence-electron chi connectivity index (χ0n) is 28.6. The number of nitrogens with zero attached hydrogens (tertiary/aromatic N) is 1. The zero-order valence-corrected chi connectivity index (χ0v) is 28.6. The number of carbonyl (C=O) groups excluding carboxylic acids is 5. The fourth-order valence-corrected chi connectivity index (χ4v) is 5.64. The zero-order chi connectivity index (χ0) is 35.7. The Labute approximate surface area is 281 Å². The average molecular weight is 670 g/mol. The first-order chi connectivity index (χ1) is 22.6. The Morgan fingerprint density at radius 3 is 1.92 bits per heavy atom. The number of para-hydroxylation sites is 1. The lowest BCUT2D eigenvalue weighted by molar-refractivity contribution is -0.135. The molecule has 1 aromatic heterocycles. The third-order valence-corrected chi connectivity index (χ3v) is 8.34. The SMILES string of the molecule is CC(C)C[C@H]1NC(=O)[C@H](CCCN(O)C(=N)N)NC(=O)[C@H](Cc2c[nH]c3ccccc23)NC(=O)[C@@H](C(C)C)NC(=O)[C@H](C(C)C)NC1=O. The molecule has 1 aromatic carbocycles. The molecule has 10 N–H and O–H groups in total. The number of hydrogen-bond acceptors (Lipinski definition) is 7. The molecule has 0 unspecified atom stereocenters. The van der Waals surface area contributed by atoms with Gasteiger partial charge < -0.3 is 37.3 Å². The summed E-state index contributed by atoms with van der Waals surface area (Å²) < 4.78 is 0. The molecule has 5 amide bonds. The van der Waals surface area contributed by atoms with Gasteiger partial charge in [0.15, 0.2) is 0 Å². The standard InChI is InChI=1S/C33H51N9O6/c1-17(2)14-24-30(45)40-27(19(5)6)32(47)41-26(18(3)4)31(46)39-25(15-20-16-36-22-11-8-7-10-21(20)22)29(44)37-23(28(43)38-24)12-9-13-42(48)33(34)35/h7-8,10-11,16-19,23-27,36,48H,9,12-15H2,1-6H3,(H3,34,35)(H,37,44)(H,38,43)(H,39,46)(H,40,45)(H,41,47)/t23-,24+,25-,26+,27-/m0/s1. The van der Waals surface area contributed by atoms with Crippen molar-refractivity contribution in [3.63, 3.8) is 0 Å². The lowest BCUT2D eigenvalue weighted by Crippen LogP contribution is -2.60. The van der Waals surface area contributed by atoms with Gasteiger partial charge in [0, 0.05) is 30.1 Å². The Morgan fingerprint density at radius 2 is 1.31 bits per heavy atom. The topological polar surface area (TPSA) is 235 Å². The maximum Gasteiger partial charge on any atom is 0.243 e. The Kier molecular flexibility index (Phi) is 13.3. The van der Waals surface area contributed by atoms with Crippen LogP contribution in [0, 0.1) is 23.2 Å². The van der Waals surface area contributed by atoms with Crippen LogP contribution in [0.15, 0.2) is 30.5 Å². The highest BCUT2D eigenvalue weighted by Crippen LogP contribution is 2.20. The van der Waals surface area contributed by atoms with Gasteiger partial charge in [0.1, 0.15) is 30.2 Å². The Morgan fingerprint density at radius 1 is 0.792 bits per heavy atom. The summed E-state index contributed by atoms with van der Waals surface area (Å²) in [6.07, 6.45) is 2.21. The molecule has 15 heteroatoms. The molecular formula is C33H51N9O6. The number of fused-ring (bicyclic) bond motifs is 1. The van der Waals surface area contributed by atoms with Crippen molar-refractivity contribution in [3.8, 4) is 0 Å². The first kappa shape index (κ1) is 37.8. The molecule has 264 valence electrons. The number of hydrogen-bond donors (Lipinski definition) is 9. The summed E-state index contributed by atoms with van der Waals surface area (Å²) in [5, 5.41) is 32.6. The summed E-state index contributed by atoms with van der Waals surface area (Å²) in [5.41, 5.74) is 6.93. The normalized spacial score (nSPS) is 23.2. The summed E-state index contributed by atoms with van der Waals surface area (Å²) in [6.45, 7) is 10.7. The molecule has 1 aliphatic rings. The van der Waals surface area contributed by atoms with E-state index in [4.69, 9.17) is 11.1 Å². The number of amides is 5. The second-order valence-corrected chi connectivity index (χ2v) is 13.5. The van der Waals surface area contributed by atoms with Crippen LogP contribution in [0.1, 0.15) is 66.4 Å². The molecular weight excluding hydrogens is 618 g/mol. The van der Waals surface area contributed by atoms with Crippen molar-refractivity contribution >= 4 is 46.4 Å². The van der Waals surface area contributed by atoms with Crippen molar-refractivity contribution in [2.24, 2.45) is 23.5 Å². The van der Waals surface area contributed by atoms with Crippen molar-refractivity contribution in [2.75, 3.05) is 6.54 Å². The van der Waals surface area contributed by atoms with E-state index in [0.717, 1.165) is 16.5 Å². The van der Waals surface area contributed by atoms with Crippen molar-refractivity contribution in [1.29, 1.82) is 5.41 Å². The summed E-state index contributed by atoms with van der Waals surface area (Å²) in [5.74, 6) is -4.39. The summed E-state index contributed by atoms with van der Waals surface area (Å²) in [7, 11) is 0. The van der Waals surface area contributed by atoms with Crippen molar-refractivity contribution < 1.29 is 29.2 Å². The molecule has 0 radical (unpaired) electrons. The molecule has 1 aliphatic heterocycles. The number of aromatic amines is 1. The van der Waals surface area contributed by atoms with Gasteiger partial charge >= 0.3 is 0 Å². The van der Waals surface area contributed by atoms with Crippen LogP contribution in [-0.2, 0) is 30.4 Å². The number of nitrogens with two attached hydrogens (primary N) is 1. The van der Waals surface area contributed by atoms with Gasteiger partial charge in [0.25, 0.3) is 0 Å². The average Bonchev–Trinajstić information content (AvgIpc) is 3.42. The third kappa shape index (κ3) is 10.2. The summed E-state index contributed by atoms with van der Waals surface area (Å²) in [6, 6.07) is 2.08. The summed E-state index contributed by atoms with van der Waals surface area (Å²) >= 11 is 0. The van der Waals surface area contributed by atoms with E-state index in [-0.39, 0.29) is 50.0 Å². The van der Waals surface area contributed by atoms with Crippen molar-refractivity contribution in [2.45, 2.75) is 97.4 Å². The van der Waals surface area contributed by atoms with E-state index in [0.29, 0.717) is 5.06 Å². The van der Waals surface area contributed by atoms with Crippen molar-refractivity contribution in [3.05, 3.63) is 36.0 Å². The number of nitrogens with one attached hydrogen (secondary N) is 7. The van der Waals surface area contributed by atoms with Gasteiger partial charge in [-0.2, -0.15) is 0 Å². The van der Waals surface area contributed by atoms with Crippen LogP contribution >= 0.6 is 0 Å². The molecule has 1 saturated heterocycles. The van der Waals surface area contributed by atoms with Gasteiger partial charge in [-0.1, -0.05) is 59.7 Å². The first-order valence-corrected chi connectivity index (χ1v) is 16.5. The molecule has 0 saturated carbocycles. The smallest absolute Gasteiger partial charge is 0.243 e. The van der Waals surface area contributed by atoms with Gasteiger partial charge in [-0.05, 0) is 48.6 Å². The number of rotatable bonds is 10. The lowest BCUT2D eigenvalue weighted by atomic mass is 9.97. The number of hydroxylamine groups is 2. The van der Waals surface area contributed by atoms with Gasteiger partial charge in [-0.15, -0.1) is 0 Å². The summed E-state index contributed by atoms with van der Waals surface area (Å²) in [4.78, 5) is 72.0. The third-order valence-electron chi connectivity index (χ3n) is 8.34. The predicted molar refractivity (Wildman–Crippen MR) is 180 cm³/mol. The number of aromatic nitrogens is 1. The molecule has 0 aliphatic carbocycles. The fraction of sp³-hybridized carbons (Fsp3) is 0.576. The van der Waals surface area contributed by atoms with Gasteiger partial charge in [0.2, 0.25) is 35.5 Å². The minimum absolute atomic E-state index is 0.00889. The largest absolute Gasteiger partial charge is 0.368 e. The minimum Gasteiger partial charge on any atom is -0.368 e. The molecule has 1 fully saturated rings. The van der Waals surface area contributed by atoms with Crippen LogP contribution in [0.5, 0.6) is 0 Å². The minimum atomic E-state index is -1.19. The van der Waals surface area contributed by atoms with E-state index in [9.17, 15) is 29.2 Å². The highest BCUT2D eigenvalue weighted by Gasteiger charge is 2.36. The number of guanidine groups is 1. The van der Waals surface area contributed by atoms with E-state index >= 15 is 0 Å². The Hall–Kier alpha value is -4.66. The van der Waals surface area contributed by atoms with E-state index < -0.39 is 65.7 Å². The first-order valence-electron chi connectivity index (χ1n) is 16.5. The second kappa shape index (κ2) is 16.9. The maximum atomic E-state index is 14.0. The maximum absolute atomic E-state index is 14.0. The molecule has 5 atom stereocenters. The Bertz CT molecular complexity index is 1470. The van der Waals surface area contributed by atoms with E-state index in [1.807, 2.05) is 38.1 Å². The molecule has 0 bridgehead atoms. The van der Waals surface area contributed by atoms with Crippen LogP contribution in [0.2, 0.25) is 0 Å². The lowest BCUT2D eigenvalue weighted by Gasteiger charge is -2.29. The van der Waals surface area contributed by atoms with Gasteiger partial charge in [-0.3, -0.25) is 34.6 Å². The van der Waals surface area contributed by atoms with Crippen LogP contribution < -0.4 is 32.3 Å². The molecule has 15 nitrogen and oxygen atoms in total. The van der Waals surface area contributed by atoms with Crippen LogP contribution in [0.4, 0.5) is 0 Å². The van der Waals surface area contributed by atoms with Crippen LogP contribution in [0.3, 0.4) is 0 Å².